The maximum atomic E-state index is 12.0. The van der Waals surface area contributed by atoms with Gasteiger partial charge in [-0.15, -0.1) is 0 Å². The fraction of sp³-hybridized carbons (Fsp3) is 0.364. The molecule has 2 heterocycles. The van der Waals surface area contributed by atoms with Crippen molar-refractivity contribution in [2.45, 2.75) is 18.9 Å². The Bertz CT molecular complexity index is 547. The molecule has 1 saturated heterocycles. The third-order valence-electron chi connectivity index (χ3n) is 2.92. The van der Waals surface area contributed by atoms with E-state index in [1.54, 1.807) is 0 Å². The van der Waals surface area contributed by atoms with E-state index in [0.29, 0.717) is 0 Å². The summed E-state index contributed by atoms with van der Waals surface area (Å²) < 4.78 is 8.63. The van der Waals surface area contributed by atoms with Crippen LogP contribution in [0.15, 0.2) is 18.2 Å². The third kappa shape index (κ3) is 2.11. The second kappa shape index (κ2) is 4.56. The van der Waals surface area contributed by atoms with Crippen LogP contribution >= 0.6 is 0 Å². The van der Waals surface area contributed by atoms with Crippen molar-refractivity contribution in [1.82, 2.24) is 13.3 Å². The number of fused-ring (bicyclic) bond motifs is 1. The molecule has 1 aliphatic rings. The monoisotopic (exact) mass is 296 g/mol. The minimum absolute atomic E-state index is 0.0329. The minimum atomic E-state index is -0.0607. The van der Waals surface area contributed by atoms with E-state index in [1.807, 2.05) is 18.2 Å². The number of aromatic nitrogens is 2. The quantitative estimate of drug-likeness (QED) is 0.786. The number of nitrogens with zero attached hydrogens (tertiary/aromatic N) is 2. The Morgan fingerprint density at radius 1 is 1.47 bits per heavy atom. The Labute approximate surface area is 105 Å². The number of nitrogens with one attached hydrogen (secondary N) is 2. The van der Waals surface area contributed by atoms with Crippen LogP contribution in [0.25, 0.3) is 11.0 Å². The molecule has 1 fully saturated rings. The standard InChI is InChI=1S/C11H12N4OSe/c16-11(9-5-2-6-12-9)13-7-3-1-4-8-10(7)15-17-14-8/h1,3-4,9,12H,2,5-6H2,(H,13,16). The molecule has 0 saturated carbocycles. The summed E-state index contributed by atoms with van der Waals surface area (Å²) in [6.07, 6.45) is 1.97. The van der Waals surface area contributed by atoms with Crippen molar-refractivity contribution in [3.8, 4) is 0 Å². The molecule has 88 valence electrons. The zero-order chi connectivity index (χ0) is 11.7. The van der Waals surface area contributed by atoms with Gasteiger partial charge in [0.25, 0.3) is 0 Å². The van der Waals surface area contributed by atoms with E-state index >= 15 is 0 Å². The van der Waals surface area contributed by atoms with Gasteiger partial charge in [0, 0.05) is 0 Å². The molecular formula is C11H12N4OSe. The molecule has 0 bridgehead atoms. The molecular weight excluding hydrogens is 283 g/mol. The van der Waals surface area contributed by atoms with Gasteiger partial charge < -0.3 is 0 Å². The molecule has 2 N–H and O–H groups in total. The molecule has 1 amide bonds. The van der Waals surface area contributed by atoms with Gasteiger partial charge in [0.15, 0.2) is 0 Å². The van der Waals surface area contributed by atoms with Crippen LogP contribution in [-0.2, 0) is 4.79 Å². The van der Waals surface area contributed by atoms with Crippen LogP contribution in [0.3, 0.4) is 0 Å². The summed E-state index contributed by atoms with van der Waals surface area (Å²) in [4.78, 5) is 12.0. The number of amides is 1. The van der Waals surface area contributed by atoms with Crippen molar-refractivity contribution in [1.29, 1.82) is 0 Å². The van der Waals surface area contributed by atoms with Gasteiger partial charge >= 0.3 is 105 Å². The SMILES string of the molecule is O=C(Nc1cccc2n[se]nc12)C1CCCN1. The van der Waals surface area contributed by atoms with Crippen molar-refractivity contribution in [3.05, 3.63) is 18.2 Å². The summed E-state index contributed by atoms with van der Waals surface area (Å²) in [6, 6.07) is 5.65. The van der Waals surface area contributed by atoms with Gasteiger partial charge in [-0.1, -0.05) is 0 Å². The van der Waals surface area contributed by atoms with Crippen molar-refractivity contribution < 1.29 is 4.79 Å². The molecule has 1 unspecified atom stereocenters. The van der Waals surface area contributed by atoms with Crippen LogP contribution in [0, 0.1) is 0 Å². The fourth-order valence-corrected chi connectivity index (χ4v) is 3.19. The zero-order valence-corrected chi connectivity index (χ0v) is 10.9. The Morgan fingerprint density at radius 2 is 2.41 bits per heavy atom. The first-order valence-corrected chi connectivity index (χ1v) is 7.13. The summed E-state index contributed by atoms with van der Waals surface area (Å²) in [6.45, 7) is 0.924. The molecule has 0 spiro atoms. The Kier molecular flexibility index (Phi) is 2.92. The molecule has 1 aromatic carbocycles. The normalized spacial score (nSPS) is 19.6. The van der Waals surface area contributed by atoms with Crippen LogP contribution in [0.2, 0.25) is 0 Å². The number of benzene rings is 1. The molecule has 5 nitrogen and oxygen atoms in total. The van der Waals surface area contributed by atoms with Crippen molar-refractivity contribution in [2.75, 3.05) is 11.9 Å². The second-order valence-electron chi connectivity index (χ2n) is 4.08. The number of rotatable bonds is 2. The summed E-state index contributed by atoms with van der Waals surface area (Å²) in [7, 11) is 0. The van der Waals surface area contributed by atoms with E-state index < -0.39 is 0 Å². The number of carbonyl (C=O) groups is 1. The first kappa shape index (κ1) is 10.9. The van der Waals surface area contributed by atoms with Crippen molar-refractivity contribution in [3.63, 3.8) is 0 Å². The Morgan fingerprint density at radius 3 is 3.24 bits per heavy atom. The first-order chi connectivity index (χ1) is 8.34. The molecule has 1 atom stereocenters. The molecule has 6 heteroatoms. The fourth-order valence-electron chi connectivity index (χ4n) is 2.04. The van der Waals surface area contributed by atoms with Crippen molar-refractivity contribution >= 4 is 37.6 Å². The zero-order valence-electron chi connectivity index (χ0n) is 9.14. The van der Waals surface area contributed by atoms with Gasteiger partial charge in [0.05, 0.1) is 0 Å². The summed E-state index contributed by atoms with van der Waals surface area (Å²) in [5, 5.41) is 6.12. The van der Waals surface area contributed by atoms with E-state index in [1.165, 1.54) is 0 Å². The summed E-state index contributed by atoms with van der Waals surface area (Å²) in [5.74, 6) is 0.0329. The Balaban J connectivity index is 1.84. The molecule has 1 aliphatic heterocycles. The molecule has 17 heavy (non-hydrogen) atoms. The molecule has 0 radical (unpaired) electrons. The van der Waals surface area contributed by atoms with E-state index in [2.05, 4.69) is 18.6 Å². The van der Waals surface area contributed by atoms with Gasteiger partial charge in [0.1, 0.15) is 0 Å². The van der Waals surface area contributed by atoms with Crippen LogP contribution in [0.5, 0.6) is 0 Å². The van der Waals surface area contributed by atoms with Crippen LogP contribution < -0.4 is 10.6 Å². The average molecular weight is 295 g/mol. The van der Waals surface area contributed by atoms with Crippen LogP contribution in [0.4, 0.5) is 5.69 Å². The second-order valence-corrected chi connectivity index (χ2v) is 5.18. The van der Waals surface area contributed by atoms with Gasteiger partial charge in [-0.25, -0.2) is 0 Å². The van der Waals surface area contributed by atoms with Crippen molar-refractivity contribution in [2.24, 2.45) is 0 Å². The Hall–Kier alpha value is -1.23. The van der Waals surface area contributed by atoms with Gasteiger partial charge in [-0.3, -0.25) is 0 Å². The number of anilines is 1. The van der Waals surface area contributed by atoms with E-state index in [4.69, 9.17) is 0 Å². The number of hydrogen-bond donors (Lipinski definition) is 2. The first-order valence-electron chi connectivity index (χ1n) is 5.60. The number of hydrogen-bond acceptors (Lipinski definition) is 4. The van der Waals surface area contributed by atoms with Gasteiger partial charge in [0.2, 0.25) is 0 Å². The predicted octanol–water partition coefficient (Wildman–Crippen LogP) is 0.377. The molecule has 1 aromatic heterocycles. The molecule has 0 aliphatic carbocycles. The summed E-state index contributed by atoms with van der Waals surface area (Å²) >= 11 is -0.0607. The van der Waals surface area contributed by atoms with E-state index in [0.717, 1.165) is 36.1 Å². The predicted molar refractivity (Wildman–Crippen MR) is 66.1 cm³/mol. The summed E-state index contributed by atoms with van der Waals surface area (Å²) in [5.41, 5.74) is 2.50. The number of carbonyl (C=O) groups excluding carboxylic acids is 1. The maximum absolute atomic E-state index is 12.0. The average Bonchev–Trinajstić information content (AvgIpc) is 3.00. The van der Waals surface area contributed by atoms with E-state index in [9.17, 15) is 4.79 Å². The van der Waals surface area contributed by atoms with Gasteiger partial charge in [-0.2, -0.15) is 0 Å². The van der Waals surface area contributed by atoms with Gasteiger partial charge in [-0.05, 0) is 0 Å². The third-order valence-corrected chi connectivity index (χ3v) is 4.06. The van der Waals surface area contributed by atoms with E-state index in [-0.39, 0.29) is 26.9 Å². The van der Waals surface area contributed by atoms with Crippen LogP contribution in [0.1, 0.15) is 12.8 Å². The molecule has 3 rings (SSSR count). The van der Waals surface area contributed by atoms with Crippen LogP contribution in [-0.4, -0.2) is 41.4 Å². The molecule has 2 aromatic rings. The topological polar surface area (TPSA) is 66.9 Å².